The number of benzene rings is 1. The van der Waals surface area contributed by atoms with E-state index in [2.05, 4.69) is 16.5 Å². The molecule has 0 unspecified atom stereocenters. The number of hydrogen-bond donors (Lipinski definition) is 2. The largest absolute Gasteiger partial charge is 0.352 e. The molecule has 0 fully saturated rings. The minimum absolute atomic E-state index is 0.435. The highest BCUT2D eigenvalue weighted by atomic mass is 16.2. The Balaban J connectivity index is 0.000000364. The van der Waals surface area contributed by atoms with Gasteiger partial charge in [0, 0.05) is 0 Å². The Morgan fingerprint density at radius 3 is 2.21 bits per heavy atom. The van der Waals surface area contributed by atoms with Gasteiger partial charge in [-0.2, -0.15) is 0 Å². The van der Waals surface area contributed by atoms with E-state index in [1.54, 1.807) is 0 Å². The summed E-state index contributed by atoms with van der Waals surface area (Å²) in [5, 5.41) is 0. The first-order valence-electron chi connectivity index (χ1n) is 3.79. The first-order chi connectivity index (χ1) is 6.66. The highest BCUT2D eigenvalue weighted by molar-refractivity contribution is 5.69. The zero-order valence-corrected chi connectivity index (χ0v) is 7.51. The topological polar surface area (TPSA) is 98.5 Å². The summed E-state index contributed by atoms with van der Waals surface area (Å²) in [6.45, 7) is 0.435. The molecule has 0 aliphatic heterocycles. The number of amides is 2. The lowest BCUT2D eigenvalue weighted by Crippen LogP contribution is -2.18. The number of primary amides is 2. The standard InChI is InChI=1S/C8H7NO.CH4N2O/c10-7-9-6-8-4-2-1-3-5-8;2-1(3)4/h1-5H,6H2;(H4,2,3,4). The fourth-order valence-corrected chi connectivity index (χ4v) is 0.707. The van der Waals surface area contributed by atoms with Gasteiger partial charge in [0.25, 0.3) is 0 Å². The molecule has 0 spiro atoms. The van der Waals surface area contributed by atoms with Crippen LogP contribution in [0.25, 0.3) is 0 Å². The van der Waals surface area contributed by atoms with Crippen molar-refractivity contribution >= 4 is 12.1 Å². The van der Waals surface area contributed by atoms with Crippen molar-refractivity contribution in [1.29, 1.82) is 0 Å². The predicted molar refractivity (Wildman–Crippen MR) is 52.0 cm³/mol. The third kappa shape index (κ3) is 7.97. The van der Waals surface area contributed by atoms with E-state index < -0.39 is 6.03 Å². The number of carbonyl (C=O) groups is 1. The Kier molecular flexibility index (Phi) is 6.37. The van der Waals surface area contributed by atoms with Gasteiger partial charge >= 0.3 is 6.03 Å². The second kappa shape index (κ2) is 7.52. The second-order valence-corrected chi connectivity index (χ2v) is 2.30. The third-order valence-corrected chi connectivity index (χ3v) is 1.17. The van der Waals surface area contributed by atoms with Gasteiger partial charge in [-0.05, 0) is 5.56 Å². The minimum atomic E-state index is -0.833. The fraction of sp³-hybridized carbons (Fsp3) is 0.111. The van der Waals surface area contributed by atoms with Crippen molar-refractivity contribution in [1.82, 2.24) is 0 Å². The Bertz CT molecular complexity index is 314. The van der Waals surface area contributed by atoms with Crippen molar-refractivity contribution in [2.24, 2.45) is 16.5 Å². The van der Waals surface area contributed by atoms with Crippen LogP contribution in [0.15, 0.2) is 35.3 Å². The van der Waals surface area contributed by atoms with Crippen LogP contribution in [-0.2, 0) is 11.3 Å². The summed E-state index contributed by atoms with van der Waals surface area (Å²) in [6.07, 6.45) is 1.49. The quantitative estimate of drug-likeness (QED) is 0.529. The van der Waals surface area contributed by atoms with Crippen molar-refractivity contribution in [3.8, 4) is 0 Å². The summed E-state index contributed by atoms with van der Waals surface area (Å²) >= 11 is 0. The van der Waals surface area contributed by atoms with Crippen molar-refractivity contribution in [3.63, 3.8) is 0 Å². The molecule has 0 aliphatic rings. The lowest BCUT2D eigenvalue weighted by Gasteiger charge is -1.89. The minimum Gasteiger partial charge on any atom is -0.352 e. The van der Waals surface area contributed by atoms with E-state index in [9.17, 15) is 4.79 Å². The van der Waals surface area contributed by atoms with Crippen LogP contribution < -0.4 is 11.5 Å². The van der Waals surface area contributed by atoms with Crippen LogP contribution in [0.2, 0.25) is 0 Å². The van der Waals surface area contributed by atoms with Gasteiger partial charge in [0.1, 0.15) is 0 Å². The monoisotopic (exact) mass is 193 g/mol. The molecule has 1 aromatic carbocycles. The number of isocyanates is 1. The zero-order valence-electron chi connectivity index (χ0n) is 7.51. The van der Waals surface area contributed by atoms with Crippen LogP contribution in [0.4, 0.5) is 4.79 Å². The van der Waals surface area contributed by atoms with Crippen molar-refractivity contribution in [2.45, 2.75) is 6.54 Å². The molecule has 5 heteroatoms. The third-order valence-electron chi connectivity index (χ3n) is 1.17. The Morgan fingerprint density at radius 2 is 1.79 bits per heavy atom. The summed E-state index contributed by atoms with van der Waals surface area (Å²) < 4.78 is 0. The maximum absolute atomic E-state index is 9.69. The molecule has 1 aromatic rings. The first kappa shape index (κ1) is 11.9. The Labute approximate surface area is 81.4 Å². The van der Waals surface area contributed by atoms with E-state index in [0.717, 1.165) is 5.56 Å². The van der Waals surface area contributed by atoms with Gasteiger partial charge in [0.15, 0.2) is 0 Å². The average Bonchev–Trinajstić information content (AvgIpc) is 2.15. The van der Waals surface area contributed by atoms with Gasteiger partial charge in [0.2, 0.25) is 6.08 Å². The Morgan fingerprint density at radius 1 is 1.29 bits per heavy atom. The van der Waals surface area contributed by atoms with Gasteiger partial charge in [-0.15, -0.1) is 0 Å². The van der Waals surface area contributed by atoms with Crippen LogP contribution in [-0.4, -0.2) is 12.1 Å². The van der Waals surface area contributed by atoms with E-state index in [0.29, 0.717) is 6.54 Å². The van der Waals surface area contributed by atoms with Crippen molar-refractivity contribution in [3.05, 3.63) is 35.9 Å². The molecule has 0 aliphatic carbocycles. The molecule has 5 nitrogen and oxygen atoms in total. The molecule has 4 N–H and O–H groups in total. The summed E-state index contributed by atoms with van der Waals surface area (Å²) in [6, 6.07) is 8.75. The van der Waals surface area contributed by atoms with Gasteiger partial charge in [-0.1, -0.05) is 30.3 Å². The maximum atomic E-state index is 9.69. The molecule has 1 rings (SSSR count). The van der Waals surface area contributed by atoms with E-state index in [1.165, 1.54) is 6.08 Å². The number of nitrogens with zero attached hydrogens (tertiary/aromatic N) is 1. The molecule has 0 saturated carbocycles. The summed E-state index contributed by atoms with van der Waals surface area (Å²) in [5.74, 6) is 0. The highest BCUT2D eigenvalue weighted by Crippen LogP contribution is 1.98. The normalized spacial score (nSPS) is 7.71. The van der Waals surface area contributed by atoms with Crippen LogP contribution in [0.3, 0.4) is 0 Å². The van der Waals surface area contributed by atoms with Crippen LogP contribution in [0.5, 0.6) is 0 Å². The maximum Gasteiger partial charge on any atom is 0.309 e. The lowest BCUT2D eigenvalue weighted by molar-refractivity contribution is 0.256. The predicted octanol–water partition coefficient (Wildman–Crippen LogP) is 0.546. The second-order valence-electron chi connectivity index (χ2n) is 2.30. The zero-order chi connectivity index (χ0) is 10.8. The first-order valence-corrected chi connectivity index (χ1v) is 3.79. The summed E-state index contributed by atoms with van der Waals surface area (Å²) in [4.78, 5) is 22.1. The smallest absolute Gasteiger partial charge is 0.309 e. The summed E-state index contributed by atoms with van der Waals surface area (Å²) in [7, 11) is 0. The molecule has 0 atom stereocenters. The van der Waals surface area contributed by atoms with Gasteiger partial charge < -0.3 is 11.5 Å². The number of rotatable bonds is 2. The van der Waals surface area contributed by atoms with E-state index in [4.69, 9.17) is 4.79 Å². The molecule has 0 saturated heterocycles. The van der Waals surface area contributed by atoms with Gasteiger partial charge in [-0.25, -0.2) is 14.6 Å². The molecular weight excluding hydrogens is 182 g/mol. The highest BCUT2D eigenvalue weighted by Gasteiger charge is 1.84. The number of aliphatic imine (C=N–C) groups is 1. The van der Waals surface area contributed by atoms with Crippen molar-refractivity contribution < 1.29 is 9.59 Å². The van der Waals surface area contributed by atoms with E-state index in [1.807, 2.05) is 30.3 Å². The number of carbonyl (C=O) groups excluding carboxylic acids is 2. The molecule has 0 aromatic heterocycles. The number of urea groups is 1. The van der Waals surface area contributed by atoms with Crippen LogP contribution in [0.1, 0.15) is 5.56 Å². The molecule has 0 radical (unpaired) electrons. The number of nitrogens with two attached hydrogens (primary N) is 2. The Hall–Kier alpha value is -2.13. The van der Waals surface area contributed by atoms with Gasteiger partial charge in [-0.3, -0.25) is 0 Å². The SMILES string of the molecule is NC(N)=O.O=C=NCc1ccccc1. The number of hydrogen-bond acceptors (Lipinski definition) is 3. The molecule has 0 bridgehead atoms. The fourth-order valence-electron chi connectivity index (χ4n) is 0.707. The summed E-state index contributed by atoms with van der Waals surface area (Å²) in [5.41, 5.74) is 9.53. The van der Waals surface area contributed by atoms with E-state index >= 15 is 0 Å². The van der Waals surface area contributed by atoms with E-state index in [-0.39, 0.29) is 0 Å². The molecule has 14 heavy (non-hydrogen) atoms. The van der Waals surface area contributed by atoms with Gasteiger partial charge in [0.05, 0.1) is 6.54 Å². The molecule has 74 valence electrons. The van der Waals surface area contributed by atoms with Crippen LogP contribution >= 0.6 is 0 Å². The molecular formula is C9H11N3O2. The lowest BCUT2D eigenvalue weighted by atomic mass is 10.2. The van der Waals surface area contributed by atoms with Crippen molar-refractivity contribution in [2.75, 3.05) is 0 Å². The molecule has 0 heterocycles. The molecule has 2 amide bonds. The average molecular weight is 193 g/mol. The van der Waals surface area contributed by atoms with Crippen LogP contribution in [0, 0.1) is 0 Å².